The third-order valence-corrected chi connectivity index (χ3v) is 0. The minimum atomic E-state index is 0. The van der Waals surface area contributed by atoms with Gasteiger partial charge < -0.3 is 6.15 Å². The van der Waals surface area contributed by atoms with Gasteiger partial charge in [-0.25, -0.2) is 0 Å². The first-order chi connectivity index (χ1) is 0. The molecule has 0 aromatic carbocycles. The van der Waals surface area contributed by atoms with Crippen LogP contribution in [0.5, 0.6) is 0 Å². The van der Waals surface area contributed by atoms with Gasteiger partial charge in [0.05, 0.1) is 0 Å². The molecule has 0 heterocycles. The Hall–Kier alpha value is 1.06. The Labute approximate surface area is 49.4 Å². The zero-order valence-electron chi connectivity index (χ0n) is 2.19. The molecule has 0 aliphatic rings. The predicted molar refractivity (Wildman–Crippen MR) is 21.2 cm³/mol. The molecule has 3 N–H and O–H groups in total. The second kappa shape index (κ2) is 33.7. The van der Waals surface area contributed by atoms with Crippen molar-refractivity contribution in [2.24, 2.45) is 0 Å². The van der Waals surface area contributed by atoms with Gasteiger partial charge in [-0.15, -0.1) is 0 Å². The molecular formula is H5BMoNS. The molecule has 0 bridgehead atoms. The summed E-state index contributed by atoms with van der Waals surface area (Å²) in [6.07, 6.45) is 0. The fourth-order valence-electron chi connectivity index (χ4n) is 0. The quantitative estimate of drug-likeness (QED) is 0.490. The van der Waals surface area contributed by atoms with Crippen LogP contribution in [0.15, 0.2) is 0 Å². The van der Waals surface area contributed by atoms with E-state index in [2.05, 4.69) is 0 Å². The van der Waals surface area contributed by atoms with Gasteiger partial charge >= 0.3 is 0 Å². The van der Waals surface area contributed by atoms with Crippen LogP contribution in [-0.4, -0.2) is 8.41 Å². The molecule has 0 unspecified atom stereocenters. The predicted octanol–water partition coefficient (Wildman–Crippen LogP) is -0.109. The van der Waals surface area contributed by atoms with Crippen LogP contribution in [0.4, 0.5) is 0 Å². The molecule has 0 aliphatic carbocycles. The van der Waals surface area contributed by atoms with E-state index in [1.54, 1.807) is 0 Å². The van der Waals surface area contributed by atoms with E-state index < -0.39 is 0 Å². The van der Waals surface area contributed by atoms with Crippen LogP contribution >= 0.6 is 13.5 Å². The van der Waals surface area contributed by atoms with Crippen LogP contribution in [-0.2, 0) is 21.1 Å². The summed E-state index contributed by atoms with van der Waals surface area (Å²) in [6, 6.07) is 0. The van der Waals surface area contributed by atoms with Crippen molar-refractivity contribution in [3.63, 3.8) is 0 Å². The van der Waals surface area contributed by atoms with Crippen LogP contribution in [0.3, 0.4) is 0 Å². The summed E-state index contributed by atoms with van der Waals surface area (Å²) in [6.45, 7) is 0. The molecule has 0 saturated carbocycles. The average molecular weight is 158 g/mol. The Morgan fingerprint density at radius 3 is 1.00 bits per heavy atom. The first kappa shape index (κ1) is 73.9. The topological polar surface area (TPSA) is 35.0 Å². The van der Waals surface area contributed by atoms with Gasteiger partial charge in [0.15, 0.2) is 0 Å². The Kier molecular flexibility index (Phi) is 623. The Morgan fingerprint density at radius 1 is 1.00 bits per heavy atom. The van der Waals surface area contributed by atoms with Crippen molar-refractivity contribution >= 4 is 21.9 Å². The third-order valence-electron chi connectivity index (χ3n) is 0. The Bertz CT molecular complexity index is 8.00. The molecule has 0 rings (SSSR count). The standard InChI is InChI=1S/B.Mo.H3N.H2S/h;;1H3;1H2. The van der Waals surface area contributed by atoms with Crippen molar-refractivity contribution in [1.29, 1.82) is 0 Å². The van der Waals surface area contributed by atoms with Crippen LogP contribution in [0.2, 0.25) is 0 Å². The van der Waals surface area contributed by atoms with Gasteiger partial charge in [-0.05, 0) is 0 Å². The van der Waals surface area contributed by atoms with E-state index in [-0.39, 0.29) is 49.1 Å². The Morgan fingerprint density at radius 2 is 1.00 bits per heavy atom. The van der Waals surface area contributed by atoms with Gasteiger partial charge in [0.1, 0.15) is 0 Å². The second-order valence-corrected chi connectivity index (χ2v) is 0. The maximum atomic E-state index is 0. The van der Waals surface area contributed by atoms with Crippen molar-refractivity contribution in [1.82, 2.24) is 6.15 Å². The largest absolute Gasteiger partial charge is 0.344 e. The first-order valence-corrected chi connectivity index (χ1v) is 0. The maximum absolute atomic E-state index is 0. The summed E-state index contributed by atoms with van der Waals surface area (Å²) in [5.41, 5.74) is 0. The molecule has 3 radical (unpaired) electrons. The van der Waals surface area contributed by atoms with Crippen LogP contribution in [0.1, 0.15) is 0 Å². The Balaban J connectivity index is 0. The van der Waals surface area contributed by atoms with Crippen molar-refractivity contribution < 1.29 is 21.1 Å². The molecule has 0 aliphatic heterocycles. The number of rotatable bonds is 0. The molecule has 0 saturated heterocycles. The fourth-order valence-corrected chi connectivity index (χ4v) is 0. The van der Waals surface area contributed by atoms with E-state index in [1.807, 2.05) is 0 Å². The molecule has 1 nitrogen and oxygen atoms in total. The summed E-state index contributed by atoms with van der Waals surface area (Å²) in [7, 11) is 0. The SMILES string of the molecule is N.S.[B].[Mo]. The zero-order valence-corrected chi connectivity index (χ0v) is 5.20. The van der Waals surface area contributed by atoms with Crippen molar-refractivity contribution in [2.45, 2.75) is 0 Å². The molecule has 0 fully saturated rings. The maximum Gasteiger partial charge on any atom is 0 e. The van der Waals surface area contributed by atoms with E-state index in [0.717, 1.165) is 0 Å². The number of hydrogen-bond donors (Lipinski definition) is 1. The molecule has 0 spiro atoms. The molecule has 0 amide bonds. The second-order valence-electron chi connectivity index (χ2n) is 0. The molecule has 0 aromatic rings. The van der Waals surface area contributed by atoms with Crippen molar-refractivity contribution in [3.05, 3.63) is 0 Å². The van der Waals surface area contributed by atoms with Crippen molar-refractivity contribution in [2.75, 3.05) is 0 Å². The zero-order chi connectivity index (χ0) is 0. The summed E-state index contributed by atoms with van der Waals surface area (Å²) in [5.74, 6) is 0. The fraction of sp³-hybridized carbons (Fsp3) is 0. The third kappa shape index (κ3) is 11.5. The van der Waals surface area contributed by atoms with E-state index >= 15 is 0 Å². The summed E-state index contributed by atoms with van der Waals surface area (Å²) >= 11 is 0. The molecule has 4 heteroatoms. The van der Waals surface area contributed by atoms with Gasteiger partial charge in [-0.3, -0.25) is 0 Å². The van der Waals surface area contributed by atoms with E-state index in [4.69, 9.17) is 0 Å². The molecule has 4 heavy (non-hydrogen) atoms. The van der Waals surface area contributed by atoms with Gasteiger partial charge in [0.25, 0.3) is 0 Å². The first-order valence-electron chi connectivity index (χ1n) is 0. The van der Waals surface area contributed by atoms with Crippen molar-refractivity contribution in [3.8, 4) is 0 Å². The smallest absolute Gasteiger partial charge is 0 e. The van der Waals surface area contributed by atoms with Gasteiger partial charge in [-0.1, -0.05) is 0 Å². The average Bonchev–Trinajstić information content (AvgIpc) is 0. The minimum absolute atomic E-state index is 0. The molecular weight excluding hydrogens is 153 g/mol. The molecule has 0 atom stereocenters. The van der Waals surface area contributed by atoms with Crippen LogP contribution in [0.25, 0.3) is 0 Å². The number of hydrogen-bond acceptors (Lipinski definition) is 1. The normalized spacial score (nSPS) is 0. The summed E-state index contributed by atoms with van der Waals surface area (Å²) in [5, 5.41) is 0. The van der Waals surface area contributed by atoms with Gasteiger partial charge in [0.2, 0.25) is 0 Å². The minimum Gasteiger partial charge on any atom is -0.344 e. The monoisotopic (exact) mass is 160 g/mol. The van der Waals surface area contributed by atoms with E-state index in [9.17, 15) is 0 Å². The van der Waals surface area contributed by atoms with Crippen LogP contribution < -0.4 is 6.15 Å². The molecule has 0 aromatic heterocycles. The van der Waals surface area contributed by atoms with Gasteiger partial charge in [0, 0.05) is 29.5 Å². The summed E-state index contributed by atoms with van der Waals surface area (Å²) in [4.78, 5) is 0. The summed E-state index contributed by atoms with van der Waals surface area (Å²) < 4.78 is 0. The van der Waals surface area contributed by atoms with E-state index in [1.165, 1.54) is 0 Å². The van der Waals surface area contributed by atoms with Gasteiger partial charge in [-0.2, -0.15) is 13.5 Å². The van der Waals surface area contributed by atoms with E-state index in [0.29, 0.717) is 0 Å². The van der Waals surface area contributed by atoms with Crippen LogP contribution in [0, 0.1) is 0 Å². The molecule has 25 valence electrons.